The maximum absolute atomic E-state index is 12.8. The maximum Gasteiger partial charge on any atom is 0.472 e. The number of benzene rings is 2. The Bertz CT molecular complexity index is 1190. The number of halogens is 3. The molecule has 2 aromatic carbocycles. The van der Waals surface area contributed by atoms with Gasteiger partial charge in [0, 0.05) is 35.8 Å². The third-order valence-corrected chi connectivity index (χ3v) is 7.96. The summed E-state index contributed by atoms with van der Waals surface area (Å²) in [7, 11) is -4.01. The van der Waals surface area contributed by atoms with E-state index in [1.54, 1.807) is 17.8 Å². The molecule has 1 aliphatic rings. The van der Waals surface area contributed by atoms with Crippen LogP contribution >= 0.6 is 11.8 Å². The van der Waals surface area contributed by atoms with Gasteiger partial charge in [0.1, 0.15) is 0 Å². The summed E-state index contributed by atoms with van der Waals surface area (Å²) < 4.78 is 64.7. The van der Waals surface area contributed by atoms with Crippen molar-refractivity contribution in [1.29, 1.82) is 0 Å². The van der Waals surface area contributed by atoms with Crippen LogP contribution in [0.1, 0.15) is 25.7 Å². The zero-order valence-corrected chi connectivity index (χ0v) is 22.1. The third kappa shape index (κ3) is 9.72. The lowest BCUT2D eigenvalue weighted by molar-refractivity contribution is -0.173. The molecule has 208 valence electrons. The molecule has 0 unspecified atom stereocenters. The lowest BCUT2D eigenvalue weighted by Gasteiger charge is -2.26. The minimum atomic E-state index is -5.04. The van der Waals surface area contributed by atoms with Crippen molar-refractivity contribution in [2.75, 3.05) is 46.6 Å². The summed E-state index contributed by atoms with van der Waals surface area (Å²) in [6, 6.07) is 11.0. The fourth-order valence-electron chi connectivity index (χ4n) is 3.64. The van der Waals surface area contributed by atoms with Crippen LogP contribution in [0, 0.1) is 0 Å². The number of nitrogens with one attached hydrogen (secondary N) is 4. The van der Waals surface area contributed by atoms with E-state index in [1.165, 1.54) is 67.2 Å². The molecule has 38 heavy (non-hydrogen) atoms. The fourth-order valence-corrected chi connectivity index (χ4v) is 5.67. The Morgan fingerprint density at radius 1 is 0.921 bits per heavy atom. The Balaban J connectivity index is 1.46. The van der Waals surface area contributed by atoms with Crippen molar-refractivity contribution >= 4 is 50.7 Å². The number of piperidine rings is 1. The Kier molecular flexibility index (Phi) is 10.7. The van der Waals surface area contributed by atoms with Gasteiger partial charge in [-0.25, -0.2) is 8.42 Å². The summed E-state index contributed by atoms with van der Waals surface area (Å²) in [6.45, 7) is 3.30. The highest BCUT2D eigenvalue weighted by Gasteiger charge is 2.38. The molecule has 14 heteroatoms. The zero-order chi connectivity index (χ0) is 27.6. The van der Waals surface area contributed by atoms with Crippen molar-refractivity contribution in [2.24, 2.45) is 0 Å². The first-order valence-electron chi connectivity index (χ1n) is 12.0. The normalized spacial score (nSPS) is 14.5. The van der Waals surface area contributed by atoms with Crippen LogP contribution in [-0.4, -0.2) is 62.4 Å². The number of nitrogens with zero attached hydrogens (tertiary/aromatic N) is 1. The van der Waals surface area contributed by atoms with E-state index in [9.17, 15) is 31.2 Å². The highest BCUT2D eigenvalue weighted by Crippen LogP contribution is 2.21. The molecule has 2 amide bonds. The molecule has 4 N–H and O–H groups in total. The summed E-state index contributed by atoms with van der Waals surface area (Å²) in [4.78, 5) is 25.5. The Morgan fingerprint density at radius 3 is 2.29 bits per heavy atom. The third-order valence-electron chi connectivity index (χ3n) is 5.62. The molecule has 0 atom stereocenters. The molecule has 1 fully saturated rings. The van der Waals surface area contributed by atoms with Crippen LogP contribution in [0.5, 0.6) is 0 Å². The molecular formula is C24H30F3N5O4S2. The number of hydrogen-bond donors (Lipinski definition) is 4. The molecule has 1 aliphatic heterocycles. The number of anilines is 3. The molecule has 3 rings (SSSR count). The Labute approximate surface area is 223 Å². The van der Waals surface area contributed by atoms with E-state index in [4.69, 9.17) is 0 Å². The van der Waals surface area contributed by atoms with Crippen molar-refractivity contribution in [3.8, 4) is 0 Å². The van der Waals surface area contributed by atoms with Gasteiger partial charge in [-0.15, -0.1) is 0 Å². The van der Waals surface area contributed by atoms with Gasteiger partial charge in [0.25, 0.3) is 10.0 Å². The summed E-state index contributed by atoms with van der Waals surface area (Å²) >= 11 is 1.72. The monoisotopic (exact) mass is 573 g/mol. The van der Waals surface area contributed by atoms with Crippen LogP contribution in [0.25, 0.3) is 0 Å². The van der Waals surface area contributed by atoms with Crippen LogP contribution in [0.2, 0.25) is 0 Å². The lowest BCUT2D eigenvalue weighted by atomic mass is 10.1. The number of carbonyl (C=O) groups is 2. The number of carbonyl (C=O) groups excluding carboxylic acids is 2. The highest BCUT2D eigenvalue weighted by molar-refractivity contribution is 7.99. The van der Waals surface area contributed by atoms with Crippen LogP contribution in [0.4, 0.5) is 30.2 Å². The lowest BCUT2D eigenvalue weighted by Crippen LogP contribution is -2.40. The molecule has 0 radical (unpaired) electrons. The standard InChI is InChI=1S/C24H30F3N5O4S2/c25-24(26,27)23(34)30-29-18-7-9-19(10-8-18)31-38(35,36)21-6-4-5-20(17-21)28-22(33)11-15-37-16-14-32-12-2-1-3-13-32/h4-10,17,29,31H,1-3,11-16H2,(H,28,33)(H,30,34). The number of hydrazine groups is 1. The summed E-state index contributed by atoms with van der Waals surface area (Å²) in [5, 5.41) is 2.72. The van der Waals surface area contributed by atoms with Gasteiger partial charge in [0.2, 0.25) is 5.91 Å². The van der Waals surface area contributed by atoms with Gasteiger partial charge in [-0.2, -0.15) is 24.9 Å². The van der Waals surface area contributed by atoms with Crippen molar-refractivity contribution in [3.63, 3.8) is 0 Å². The number of amides is 2. The van der Waals surface area contributed by atoms with Gasteiger partial charge >= 0.3 is 12.1 Å². The predicted octanol–water partition coefficient (Wildman–Crippen LogP) is 4.04. The van der Waals surface area contributed by atoms with Crippen molar-refractivity contribution in [2.45, 2.75) is 36.8 Å². The molecule has 2 aromatic rings. The summed E-state index contributed by atoms with van der Waals surface area (Å²) in [6.07, 6.45) is -0.940. The van der Waals surface area contributed by atoms with Crippen molar-refractivity contribution < 1.29 is 31.2 Å². The average molecular weight is 574 g/mol. The molecule has 1 saturated heterocycles. The van der Waals surface area contributed by atoms with E-state index in [2.05, 4.69) is 20.4 Å². The van der Waals surface area contributed by atoms with E-state index in [-0.39, 0.29) is 22.2 Å². The number of sulfonamides is 1. The van der Waals surface area contributed by atoms with Crippen LogP contribution in [-0.2, 0) is 19.6 Å². The molecule has 0 aromatic heterocycles. The quantitative estimate of drug-likeness (QED) is 0.224. The van der Waals surface area contributed by atoms with Gasteiger partial charge in [-0.3, -0.25) is 25.2 Å². The van der Waals surface area contributed by atoms with Crippen molar-refractivity contribution in [3.05, 3.63) is 48.5 Å². The van der Waals surface area contributed by atoms with Crippen LogP contribution < -0.4 is 20.9 Å². The van der Waals surface area contributed by atoms with Gasteiger partial charge in [-0.05, 0) is 68.4 Å². The first-order chi connectivity index (χ1) is 18.0. The maximum atomic E-state index is 12.8. The summed E-state index contributed by atoms with van der Waals surface area (Å²) in [5.41, 5.74) is 4.19. The number of alkyl halides is 3. The van der Waals surface area contributed by atoms with E-state index >= 15 is 0 Å². The second-order valence-electron chi connectivity index (χ2n) is 8.60. The molecule has 0 aliphatic carbocycles. The second kappa shape index (κ2) is 13.7. The van der Waals surface area contributed by atoms with Crippen LogP contribution in [0.15, 0.2) is 53.4 Å². The highest BCUT2D eigenvalue weighted by atomic mass is 32.2. The Hall–Kier alpha value is -2.97. The van der Waals surface area contributed by atoms with Crippen molar-refractivity contribution in [1.82, 2.24) is 10.3 Å². The predicted molar refractivity (Wildman–Crippen MR) is 142 cm³/mol. The summed E-state index contributed by atoms with van der Waals surface area (Å²) in [5.74, 6) is -0.741. The van der Waals surface area contributed by atoms with Gasteiger partial charge in [-0.1, -0.05) is 12.5 Å². The second-order valence-corrected chi connectivity index (χ2v) is 11.5. The average Bonchev–Trinajstić information content (AvgIpc) is 2.88. The Morgan fingerprint density at radius 2 is 1.61 bits per heavy atom. The molecular weight excluding hydrogens is 543 g/mol. The smallest absolute Gasteiger partial charge is 0.326 e. The number of hydrogen-bond acceptors (Lipinski definition) is 7. The number of thioether (sulfide) groups is 1. The van der Waals surface area contributed by atoms with E-state index in [0.717, 1.165) is 25.4 Å². The van der Waals surface area contributed by atoms with Gasteiger partial charge in [0.05, 0.1) is 10.6 Å². The fraction of sp³-hybridized carbons (Fsp3) is 0.417. The van der Waals surface area contributed by atoms with Crippen LogP contribution in [0.3, 0.4) is 0 Å². The molecule has 0 spiro atoms. The minimum Gasteiger partial charge on any atom is -0.326 e. The molecule has 0 bridgehead atoms. The van der Waals surface area contributed by atoms with E-state index in [1.807, 2.05) is 0 Å². The first kappa shape index (κ1) is 29.6. The number of rotatable bonds is 12. The van der Waals surface area contributed by atoms with E-state index < -0.39 is 22.1 Å². The SMILES string of the molecule is O=C(CCSCCN1CCCCC1)Nc1cccc(S(=O)(=O)Nc2ccc(NNC(=O)C(F)(F)F)cc2)c1. The number of likely N-dealkylation sites (tertiary alicyclic amines) is 1. The molecule has 9 nitrogen and oxygen atoms in total. The molecule has 0 saturated carbocycles. The van der Waals surface area contributed by atoms with E-state index in [0.29, 0.717) is 17.9 Å². The zero-order valence-electron chi connectivity index (χ0n) is 20.5. The first-order valence-corrected chi connectivity index (χ1v) is 14.6. The minimum absolute atomic E-state index is 0.0779. The largest absolute Gasteiger partial charge is 0.472 e. The topological polar surface area (TPSA) is 120 Å². The van der Waals surface area contributed by atoms with Gasteiger partial charge in [0.15, 0.2) is 0 Å². The van der Waals surface area contributed by atoms with Gasteiger partial charge < -0.3 is 10.2 Å². The molecule has 1 heterocycles.